The third-order valence-corrected chi connectivity index (χ3v) is 4.37. The van der Waals surface area contributed by atoms with E-state index >= 15 is 0 Å². The number of thiophene rings is 1. The summed E-state index contributed by atoms with van der Waals surface area (Å²) in [6.45, 7) is -0.689. The predicted molar refractivity (Wildman–Crippen MR) is 87.1 cm³/mol. The van der Waals surface area contributed by atoms with E-state index in [1.54, 1.807) is 6.07 Å². The molecule has 0 aliphatic heterocycles. The van der Waals surface area contributed by atoms with Crippen LogP contribution in [0.3, 0.4) is 0 Å². The molecule has 0 atom stereocenters. The lowest BCUT2D eigenvalue weighted by Crippen LogP contribution is -2.21. The quantitative estimate of drug-likeness (QED) is 0.559. The number of esters is 1. The first kappa shape index (κ1) is 17.0. The van der Waals surface area contributed by atoms with Gasteiger partial charge in [-0.1, -0.05) is 18.2 Å². The molecule has 0 spiro atoms. The molecule has 1 aromatic heterocycles. The molecule has 4 nitrogen and oxygen atoms in total. The van der Waals surface area contributed by atoms with E-state index in [4.69, 9.17) is 4.74 Å². The van der Waals surface area contributed by atoms with Gasteiger partial charge in [0, 0.05) is 4.70 Å². The Hall–Kier alpha value is -2.87. The summed E-state index contributed by atoms with van der Waals surface area (Å²) < 4.78 is 45.1. The Morgan fingerprint density at radius 1 is 1.04 bits per heavy atom. The summed E-state index contributed by atoms with van der Waals surface area (Å²) in [5.74, 6) is -6.17. The second kappa shape index (κ2) is 6.94. The van der Waals surface area contributed by atoms with Crippen molar-refractivity contribution in [1.82, 2.24) is 0 Å². The van der Waals surface area contributed by atoms with Gasteiger partial charge in [-0.15, -0.1) is 11.3 Å². The number of fused-ring (bicyclic) bond motifs is 1. The highest BCUT2D eigenvalue weighted by atomic mass is 32.1. The molecule has 3 rings (SSSR count). The minimum Gasteiger partial charge on any atom is -0.451 e. The van der Waals surface area contributed by atoms with Gasteiger partial charge in [-0.25, -0.2) is 18.0 Å². The van der Waals surface area contributed by atoms with Crippen molar-refractivity contribution in [1.29, 1.82) is 0 Å². The molecular formula is C17H10F3NO3S. The molecule has 128 valence electrons. The number of benzene rings is 2. The maximum absolute atomic E-state index is 13.5. The minimum atomic E-state index is -1.69. The molecule has 0 radical (unpaired) electrons. The molecule has 0 fully saturated rings. The van der Waals surface area contributed by atoms with Crippen LogP contribution in [0.4, 0.5) is 18.9 Å². The van der Waals surface area contributed by atoms with Crippen LogP contribution >= 0.6 is 11.3 Å². The smallest absolute Gasteiger partial charge is 0.348 e. The monoisotopic (exact) mass is 365 g/mol. The number of hydrogen-bond acceptors (Lipinski definition) is 4. The molecule has 0 aliphatic rings. The molecule has 0 aliphatic carbocycles. The number of carbonyl (C=O) groups excluding carboxylic acids is 2. The van der Waals surface area contributed by atoms with Gasteiger partial charge in [0.2, 0.25) is 0 Å². The van der Waals surface area contributed by atoms with E-state index in [1.807, 2.05) is 29.6 Å². The van der Waals surface area contributed by atoms with E-state index in [0.29, 0.717) is 10.9 Å². The normalized spacial score (nSPS) is 10.7. The number of carbonyl (C=O) groups is 2. The second-order valence-corrected chi connectivity index (χ2v) is 6.08. The second-order valence-electron chi connectivity index (χ2n) is 5.00. The van der Waals surface area contributed by atoms with Gasteiger partial charge >= 0.3 is 5.97 Å². The molecular weight excluding hydrogens is 355 g/mol. The van der Waals surface area contributed by atoms with Gasteiger partial charge in [-0.2, -0.15) is 0 Å². The summed E-state index contributed by atoms with van der Waals surface area (Å²) in [4.78, 5) is 24.0. The Morgan fingerprint density at radius 2 is 1.80 bits per heavy atom. The van der Waals surface area contributed by atoms with Crippen LogP contribution in [0.1, 0.15) is 9.67 Å². The average molecular weight is 365 g/mol. The molecule has 1 heterocycles. The number of ether oxygens (including phenoxy) is 1. The van der Waals surface area contributed by atoms with Crippen LogP contribution in [0.2, 0.25) is 0 Å². The molecule has 0 unspecified atom stereocenters. The zero-order chi connectivity index (χ0) is 18.0. The van der Waals surface area contributed by atoms with Gasteiger partial charge in [0.05, 0.1) is 5.69 Å². The number of anilines is 1. The Morgan fingerprint density at radius 3 is 2.56 bits per heavy atom. The lowest BCUT2D eigenvalue weighted by atomic mass is 10.2. The van der Waals surface area contributed by atoms with Gasteiger partial charge in [-0.05, 0) is 29.7 Å². The zero-order valence-electron chi connectivity index (χ0n) is 12.5. The average Bonchev–Trinajstić information content (AvgIpc) is 3.04. The summed E-state index contributed by atoms with van der Waals surface area (Å²) in [6, 6.07) is 10.5. The lowest BCUT2D eigenvalue weighted by Gasteiger charge is -2.07. The fraction of sp³-hybridized carbons (Fsp3) is 0.0588. The molecule has 1 amide bonds. The van der Waals surface area contributed by atoms with Gasteiger partial charge in [-0.3, -0.25) is 4.79 Å². The van der Waals surface area contributed by atoms with Gasteiger partial charge in [0.25, 0.3) is 5.91 Å². The van der Waals surface area contributed by atoms with Crippen molar-refractivity contribution in [3.05, 3.63) is 64.8 Å². The number of rotatable bonds is 4. The highest BCUT2D eigenvalue weighted by molar-refractivity contribution is 7.20. The van der Waals surface area contributed by atoms with Gasteiger partial charge in [0.1, 0.15) is 4.88 Å². The van der Waals surface area contributed by atoms with E-state index in [0.717, 1.165) is 16.2 Å². The van der Waals surface area contributed by atoms with Crippen LogP contribution in [0, 0.1) is 17.5 Å². The van der Waals surface area contributed by atoms with Crippen molar-refractivity contribution in [2.24, 2.45) is 0 Å². The summed E-state index contributed by atoms with van der Waals surface area (Å²) in [7, 11) is 0. The summed E-state index contributed by atoms with van der Waals surface area (Å²) in [6.07, 6.45) is 0. The standard InChI is InChI=1S/C17H10F3NO3S/c18-10-5-6-11(16(20)15(10)19)21-14(22)8-24-17(23)13-7-9-3-1-2-4-12(9)25-13/h1-7H,8H2,(H,21,22). The number of nitrogens with one attached hydrogen (secondary N) is 1. The molecule has 0 saturated carbocycles. The van der Waals surface area contributed by atoms with Crippen LogP contribution < -0.4 is 5.32 Å². The maximum Gasteiger partial charge on any atom is 0.348 e. The van der Waals surface area contributed by atoms with Crippen molar-refractivity contribution in [2.75, 3.05) is 11.9 Å². The van der Waals surface area contributed by atoms with E-state index < -0.39 is 41.6 Å². The first-order valence-corrected chi connectivity index (χ1v) is 7.86. The topological polar surface area (TPSA) is 55.4 Å². The van der Waals surface area contributed by atoms with Crippen LogP contribution in [-0.2, 0) is 9.53 Å². The molecule has 8 heteroatoms. The SMILES string of the molecule is O=C(COC(=O)c1cc2ccccc2s1)Nc1ccc(F)c(F)c1F. The van der Waals surface area contributed by atoms with Crippen LogP contribution in [-0.4, -0.2) is 18.5 Å². The first-order valence-electron chi connectivity index (χ1n) is 7.05. The number of amides is 1. The molecule has 25 heavy (non-hydrogen) atoms. The third kappa shape index (κ3) is 3.63. The van der Waals surface area contributed by atoms with Crippen LogP contribution in [0.25, 0.3) is 10.1 Å². The van der Waals surface area contributed by atoms with Gasteiger partial charge in [0.15, 0.2) is 24.1 Å². The van der Waals surface area contributed by atoms with E-state index in [1.165, 1.54) is 11.3 Å². The molecule has 3 aromatic rings. The van der Waals surface area contributed by atoms with Gasteiger partial charge < -0.3 is 10.1 Å². The number of hydrogen-bond donors (Lipinski definition) is 1. The highest BCUT2D eigenvalue weighted by Gasteiger charge is 2.17. The van der Waals surface area contributed by atoms with Crippen molar-refractivity contribution >= 4 is 39.0 Å². The minimum absolute atomic E-state index is 0.313. The zero-order valence-corrected chi connectivity index (χ0v) is 13.3. The largest absolute Gasteiger partial charge is 0.451 e. The third-order valence-electron chi connectivity index (χ3n) is 3.27. The summed E-state index contributed by atoms with van der Waals surface area (Å²) in [5, 5.41) is 2.89. The maximum atomic E-state index is 13.5. The molecule has 0 bridgehead atoms. The van der Waals surface area contributed by atoms with Crippen LogP contribution in [0.15, 0.2) is 42.5 Å². The van der Waals surface area contributed by atoms with E-state index in [2.05, 4.69) is 0 Å². The van der Waals surface area contributed by atoms with Crippen molar-refractivity contribution in [3.8, 4) is 0 Å². The Kier molecular flexibility index (Phi) is 4.71. The molecule has 1 N–H and O–H groups in total. The highest BCUT2D eigenvalue weighted by Crippen LogP contribution is 2.25. The van der Waals surface area contributed by atoms with E-state index in [9.17, 15) is 22.8 Å². The summed E-state index contributed by atoms with van der Waals surface area (Å²) in [5.41, 5.74) is -0.540. The Balaban J connectivity index is 1.62. The predicted octanol–water partition coefficient (Wildman–Crippen LogP) is 4.11. The molecule has 0 saturated heterocycles. The first-order chi connectivity index (χ1) is 12.0. The van der Waals surface area contributed by atoms with Crippen LogP contribution in [0.5, 0.6) is 0 Å². The van der Waals surface area contributed by atoms with Crippen molar-refractivity contribution < 1.29 is 27.5 Å². The van der Waals surface area contributed by atoms with Crippen molar-refractivity contribution in [2.45, 2.75) is 0 Å². The lowest BCUT2D eigenvalue weighted by molar-refractivity contribution is -0.119. The fourth-order valence-electron chi connectivity index (χ4n) is 2.09. The fourth-order valence-corrected chi connectivity index (χ4v) is 3.05. The molecule has 2 aromatic carbocycles. The van der Waals surface area contributed by atoms with Crippen molar-refractivity contribution in [3.63, 3.8) is 0 Å². The Labute approximate surface area is 143 Å². The van der Waals surface area contributed by atoms with E-state index in [-0.39, 0.29) is 0 Å². The number of halogens is 3. The Bertz CT molecular complexity index is 938. The summed E-state index contributed by atoms with van der Waals surface area (Å²) >= 11 is 1.21.